The van der Waals surface area contributed by atoms with Gasteiger partial charge in [0.25, 0.3) is 0 Å². The van der Waals surface area contributed by atoms with E-state index >= 15 is 0 Å². The molecule has 0 saturated carbocycles. The molecule has 1 aromatic carbocycles. The highest BCUT2D eigenvalue weighted by atomic mass is 127. The molecule has 1 heterocycles. The lowest BCUT2D eigenvalue weighted by molar-refractivity contribution is 0.304. The number of halogens is 3. The van der Waals surface area contributed by atoms with Crippen LogP contribution in [0.5, 0.6) is 5.75 Å². The topological polar surface area (TPSA) is 71.7 Å². The van der Waals surface area contributed by atoms with E-state index in [1.54, 1.807) is 7.05 Å². The van der Waals surface area contributed by atoms with Crippen LogP contribution in [0, 0.1) is 11.6 Å². The van der Waals surface area contributed by atoms with Gasteiger partial charge in [-0.05, 0) is 18.6 Å². The first-order valence-corrected chi connectivity index (χ1v) is 8.57. The van der Waals surface area contributed by atoms with Crippen LogP contribution in [0.2, 0.25) is 0 Å². The zero-order valence-corrected chi connectivity index (χ0v) is 18.0. The van der Waals surface area contributed by atoms with Crippen LogP contribution in [-0.4, -0.2) is 31.3 Å². The zero-order chi connectivity index (χ0) is 18.9. The van der Waals surface area contributed by atoms with E-state index < -0.39 is 11.6 Å². The monoisotopic (exact) mass is 494 g/mol. The number of guanidine groups is 1. The number of aryl methyl sites for hydroxylation is 2. The molecule has 0 aliphatic heterocycles. The number of nitrogens with zero attached hydrogens (tertiary/aromatic N) is 2. The van der Waals surface area contributed by atoms with E-state index in [2.05, 4.69) is 20.8 Å². The Balaban J connectivity index is 0.00000364. The van der Waals surface area contributed by atoms with Crippen LogP contribution < -0.4 is 15.4 Å². The standard InChI is InChI=1S/C18H24F2N4O2.HI/c1-4-15-13(16(5-2)26-24-15)11-23-18(21-3)22-8-9-25-17-7-6-12(19)10-14(17)20;/h6-7,10H,4-5,8-9,11H2,1-3H3,(H2,21,22,23);1H. The maximum atomic E-state index is 13.5. The zero-order valence-electron chi connectivity index (χ0n) is 15.6. The minimum absolute atomic E-state index is 0. The van der Waals surface area contributed by atoms with Crippen LogP contribution in [0.3, 0.4) is 0 Å². The van der Waals surface area contributed by atoms with Gasteiger partial charge in [0.2, 0.25) is 0 Å². The van der Waals surface area contributed by atoms with E-state index in [0.29, 0.717) is 19.0 Å². The predicted octanol–water partition coefficient (Wildman–Crippen LogP) is 3.44. The van der Waals surface area contributed by atoms with Gasteiger partial charge in [-0.15, -0.1) is 24.0 Å². The molecule has 0 amide bonds. The van der Waals surface area contributed by atoms with Crippen molar-refractivity contribution in [3.05, 3.63) is 46.9 Å². The van der Waals surface area contributed by atoms with Gasteiger partial charge < -0.3 is 19.9 Å². The van der Waals surface area contributed by atoms with Crippen LogP contribution >= 0.6 is 24.0 Å². The summed E-state index contributed by atoms with van der Waals surface area (Å²) in [6.45, 7) is 5.20. The van der Waals surface area contributed by atoms with Gasteiger partial charge in [-0.1, -0.05) is 19.0 Å². The van der Waals surface area contributed by atoms with Gasteiger partial charge >= 0.3 is 0 Å². The predicted molar refractivity (Wildman–Crippen MR) is 111 cm³/mol. The highest BCUT2D eigenvalue weighted by molar-refractivity contribution is 14.0. The number of nitrogens with one attached hydrogen (secondary N) is 2. The summed E-state index contributed by atoms with van der Waals surface area (Å²) >= 11 is 0. The molecule has 0 fully saturated rings. The van der Waals surface area contributed by atoms with Crippen LogP contribution in [0.25, 0.3) is 0 Å². The van der Waals surface area contributed by atoms with Crippen LogP contribution in [0.4, 0.5) is 8.78 Å². The Morgan fingerprint density at radius 2 is 2.00 bits per heavy atom. The molecular formula is C18H25F2IN4O2. The van der Waals surface area contributed by atoms with Crippen molar-refractivity contribution in [2.24, 2.45) is 4.99 Å². The fourth-order valence-corrected chi connectivity index (χ4v) is 2.45. The average molecular weight is 494 g/mol. The van der Waals surface area contributed by atoms with E-state index in [-0.39, 0.29) is 36.3 Å². The molecule has 0 radical (unpaired) electrons. The third-order valence-corrected chi connectivity index (χ3v) is 3.81. The Labute approximate surface area is 174 Å². The smallest absolute Gasteiger partial charge is 0.191 e. The van der Waals surface area contributed by atoms with Gasteiger partial charge in [0.05, 0.1) is 12.2 Å². The summed E-state index contributed by atoms with van der Waals surface area (Å²) < 4.78 is 37.0. The molecule has 1 aromatic heterocycles. The SMILES string of the molecule is CCc1noc(CC)c1CNC(=NC)NCCOc1ccc(F)cc1F.I. The number of benzene rings is 1. The second kappa shape index (κ2) is 11.7. The Kier molecular flexibility index (Phi) is 10.0. The normalized spacial score (nSPS) is 11.1. The molecule has 9 heteroatoms. The fraction of sp³-hybridized carbons (Fsp3) is 0.444. The average Bonchev–Trinajstić information content (AvgIpc) is 3.04. The molecule has 0 aliphatic carbocycles. The van der Waals surface area contributed by atoms with E-state index in [1.807, 2.05) is 13.8 Å². The third-order valence-electron chi connectivity index (χ3n) is 3.81. The second-order valence-electron chi connectivity index (χ2n) is 5.51. The molecule has 0 unspecified atom stereocenters. The van der Waals surface area contributed by atoms with Crippen LogP contribution in [-0.2, 0) is 19.4 Å². The summed E-state index contributed by atoms with van der Waals surface area (Å²) in [5.74, 6) is 0.0996. The number of aliphatic imine (C=N–C) groups is 1. The maximum absolute atomic E-state index is 13.5. The van der Waals surface area contributed by atoms with Gasteiger partial charge in [-0.2, -0.15) is 0 Å². The number of rotatable bonds is 8. The van der Waals surface area contributed by atoms with Crippen molar-refractivity contribution in [2.75, 3.05) is 20.2 Å². The molecule has 6 nitrogen and oxygen atoms in total. The van der Waals surface area contributed by atoms with Crippen molar-refractivity contribution in [1.29, 1.82) is 0 Å². The lowest BCUT2D eigenvalue weighted by Crippen LogP contribution is -2.39. The molecule has 2 N–H and O–H groups in total. The van der Waals surface area contributed by atoms with Gasteiger partial charge in [0.1, 0.15) is 18.2 Å². The van der Waals surface area contributed by atoms with Crippen LogP contribution in [0.1, 0.15) is 30.9 Å². The van der Waals surface area contributed by atoms with Crippen LogP contribution in [0.15, 0.2) is 27.7 Å². The number of hydrogen-bond donors (Lipinski definition) is 2. The first kappa shape index (κ1) is 23.1. The van der Waals surface area contributed by atoms with Gasteiger partial charge in [-0.3, -0.25) is 4.99 Å². The van der Waals surface area contributed by atoms with Gasteiger partial charge in [0.15, 0.2) is 17.5 Å². The van der Waals surface area contributed by atoms with Crippen molar-refractivity contribution < 1.29 is 18.0 Å². The molecule has 27 heavy (non-hydrogen) atoms. The number of ether oxygens (including phenoxy) is 1. The molecular weight excluding hydrogens is 469 g/mol. The van der Waals surface area contributed by atoms with Gasteiger partial charge in [-0.25, -0.2) is 8.78 Å². The highest BCUT2D eigenvalue weighted by Gasteiger charge is 2.13. The minimum Gasteiger partial charge on any atom is -0.489 e. The summed E-state index contributed by atoms with van der Waals surface area (Å²) in [7, 11) is 1.66. The molecule has 0 aliphatic rings. The Hall–Kier alpha value is -1.91. The summed E-state index contributed by atoms with van der Waals surface area (Å²) in [6.07, 6.45) is 1.57. The summed E-state index contributed by atoms with van der Waals surface area (Å²) in [5.41, 5.74) is 1.97. The molecule has 0 spiro atoms. The van der Waals surface area contributed by atoms with Crippen molar-refractivity contribution >= 4 is 29.9 Å². The summed E-state index contributed by atoms with van der Waals surface area (Å²) in [5, 5.41) is 10.3. The summed E-state index contributed by atoms with van der Waals surface area (Å²) in [6, 6.07) is 3.21. The molecule has 2 aromatic rings. The minimum atomic E-state index is -0.723. The van der Waals surface area contributed by atoms with E-state index in [0.717, 1.165) is 42.0 Å². The van der Waals surface area contributed by atoms with Crippen molar-refractivity contribution in [3.63, 3.8) is 0 Å². The Morgan fingerprint density at radius 1 is 1.22 bits per heavy atom. The lowest BCUT2D eigenvalue weighted by atomic mass is 10.1. The molecule has 2 rings (SSSR count). The van der Waals surface area contributed by atoms with Gasteiger partial charge in [0, 0.05) is 31.6 Å². The Morgan fingerprint density at radius 3 is 2.63 bits per heavy atom. The lowest BCUT2D eigenvalue weighted by Gasteiger charge is -2.13. The van der Waals surface area contributed by atoms with Crippen molar-refractivity contribution in [1.82, 2.24) is 15.8 Å². The molecule has 0 saturated heterocycles. The van der Waals surface area contributed by atoms with Crippen molar-refractivity contribution in [3.8, 4) is 5.75 Å². The third kappa shape index (κ3) is 6.64. The first-order chi connectivity index (χ1) is 12.6. The van der Waals surface area contributed by atoms with E-state index in [4.69, 9.17) is 9.26 Å². The summed E-state index contributed by atoms with van der Waals surface area (Å²) in [4.78, 5) is 4.14. The maximum Gasteiger partial charge on any atom is 0.191 e. The second-order valence-corrected chi connectivity index (χ2v) is 5.51. The van der Waals surface area contributed by atoms with E-state index in [9.17, 15) is 8.78 Å². The molecule has 150 valence electrons. The highest BCUT2D eigenvalue weighted by Crippen LogP contribution is 2.17. The molecule has 0 atom stereocenters. The quantitative estimate of drug-likeness (QED) is 0.255. The largest absolute Gasteiger partial charge is 0.489 e. The Bertz CT molecular complexity index is 731. The van der Waals surface area contributed by atoms with Crippen molar-refractivity contribution in [2.45, 2.75) is 33.2 Å². The fourth-order valence-electron chi connectivity index (χ4n) is 2.45. The number of aromatic nitrogens is 1. The number of hydrogen-bond acceptors (Lipinski definition) is 4. The van der Waals surface area contributed by atoms with E-state index in [1.165, 1.54) is 6.07 Å². The first-order valence-electron chi connectivity index (χ1n) is 8.57. The molecule has 0 bridgehead atoms.